The van der Waals surface area contributed by atoms with Crippen molar-refractivity contribution in [3.8, 4) is 0 Å². The van der Waals surface area contributed by atoms with Crippen molar-refractivity contribution in [2.24, 2.45) is 46.7 Å². The van der Waals surface area contributed by atoms with Crippen LogP contribution in [0.15, 0.2) is 30.3 Å². The van der Waals surface area contributed by atoms with Gasteiger partial charge in [-0.3, -0.25) is 4.79 Å². The largest absolute Gasteiger partial charge is 0.461 e. The van der Waals surface area contributed by atoms with Gasteiger partial charge in [-0.25, -0.2) is 0 Å². The third-order valence-electron chi connectivity index (χ3n) is 8.71. The Morgan fingerprint density at radius 2 is 1.96 bits per heavy atom. The van der Waals surface area contributed by atoms with E-state index in [9.17, 15) is 4.79 Å². The molecule has 1 aromatic carbocycles. The number of halogens is 1. The van der Waals surface area contributed by atoms with E-state index in [1.807, 2.05) is 30.3 Å². The quantitative estimate of drug-likeness (QED) is 0.368. The minimum absolute atomic E-state index is 0.0563. The Hall–Kier alpha value is -0.620. The number of benzene rings is 1. The van der Waals surface area contributed by atoms with E-state index in [0.717, 1.165) is 30.2 Å². The summed E-state index contributed by atoms with van der Waals surface area (Å²) in [4.78, 5) is 13.5. The number of carbonyl (C=O) groups is 1. The smallest absolute Gasteiger partial charge is 0.309 e. The van der Waals surface area contributed by atoms with Crippen LogP contribution in [0.1, 0.15) is 51.0 Å². The predicted octanol–water partition coefficient (Wildman–Crippen LogP) is 4.96. The van der Waals surface area contributed by atoms with Crippen molar-refractivity contribution in [2.45, 2.75) is 62.0 Å². The van der Waals surface area contributed by atoms with E-state index < -0.39 is 0 Å². The summed E-state index contributed by atoms with van der Waals surface area (Å²) >= 11 is 2.59. The topological polar surface area (TPSA) is 52.3 Å². The molecule has 1 aromatic rings. The van der Waals surface area contributed by atoms with Gasteiger partial charge < -0.3 is 10.5 Å². The molecule has 4 heteroatoms. The van der Waals surface area contributed by atoms with Gasteiger partial charge in [0.05, 0.1) is 5.92 Å². The molecule has 0 bridgehead atoms. The van der Waals surface area contributed by atoms with Crippen LogP contribution in [-0.2, 0) is 16.1 Å². The molecule has 8 unspecified atom stereocenters. The molecule has 0 heterocycles. The predicted molar refractivity (Wildman–Crippen MR) is 119 cm³/mol. The first-order chi connectivity index (χ1) is 13.5. The van der Waals surface area contributed by atoms with E-state index >= 15 is 0 Å². The molecule has 4 aliphatic carbocycles. The fraction of sp³-hybridized carbons (Fsp3) is 0.708. The number of fused-ring (bicyclic) bond motifs is 1. The molecule has 5 rings (SSSR count). The number of hydrogen-bond acceptors (Lipinski definition) is 3. The fourth-order valence-electron chi connectivity index (χ4n) is 7.71. The first-order valence-corrected chi connectivity index (χ1v) is 12.3. The monoisotopic (exact) mass is 493 g/mol. The molecule has 4 aliphatic rings. The Kier molecular flexibility index (Phi) is 5.02. The Balaban J connectivity index is 1.42. The van der Waals surface area contributed by atoms with Gasteiger partial charge in [-0.2, -0.15) is 0 Å². The zero-order chi connectivity index (χ0) is 19.5. The molecule has 9 atom stereocenters. The standard InChI is InChI=1S/C24H32INO2/c1-14-7-17-10-20-22(23(27)28-13-15-5-3-2-4-6-15)19-11-18(25)8-16(19)9-21(26)24(17,20)12-14/h2-6,14,16-22H,7-13,26H2,1H3/t14?,16?,17?,18?,19?,20-,21?,22?,24?/m0/s1. The Morgan fingerprint density at radius 1 is 1.18 bits per heavy atom. The molecular formula is C24H32INO2. The van der Waals surface area contributed by atoms with E-state index in [1.54, 1.807) is 0 Å². The van der Waals surface area contributed by atoms with E-state index in [-0.39, 0.29) is 23.3 Å². The lowest BCUT2D eigenvalue weighted by atomic mass is 9.47. The summed E-state index contributed by atoms with van der Waals surface area (Å²) in [5, 5.41) is 0. The third-order valence-corrected chi connectivity index (χ3v) is 9.72. The van der Waals surface area contributed by atoms with Crippen LogP contribution in [0.3, 0.4) is 0 Å². The van der Waals surface area contributed by atoms with Gasteiger partial charge in [0.1, 0.15) is 6.61 Å². The average Bonchev–Trinajstić information content (AvgIpc) is 3.13. The number of ether oxygens (including phenoxy) is 1. The van der Waals surface area contributed by atoms with Crippen LogP contribution >= 0.6 is 22.6 Å². The van der Waals surface area contributed by atoms with Gasteiger partial charge in [-0.1, -0.05) is 59.8 Å². The number of alkyl halides is 1. The number of nitrogens with two attached hydrogens (primary N) is 1. The normalized spacial score (nSPS) is 46.7. The second-order valence-corrected chi connectivity index (χ2v) is 11.9. The third kappa shape index (κ3) is 2.96. The first kappa shape index (κ1) is 19.3. The van der Waals surface area contributed by atoms with Gasteiger partial charge in [0, 0.05) is 9.97 Å². The summed E-state index contributed by atoms with van der Waals surface area (Å²) in [6.45, 7) is 2.78. The van der Waals surface area contributed by atoms with Crippen molar-refractivity contribution >= 4 is 28.6 Å². The van der Waals surface area contributed by atoms with Gasteiger partial charge >= 0.3 is 5.97 Å². The molecule has 0 aliphatic heterocycles. The van der Waals surface area contributed by atoms with Gasteiger partial charge in [0.15, 0.2) is 0 Å². The van der Waals surface area contributed by atoms with E-state index in [4.69, 9.17) is 10.5 Å². The maximum atomic E-state index is 13.5. The highest BCUT2D eigenvalue weighted by molar-refractivity contribution is 14.1. The molecule has 28 heavy (non-hydrogen) atoms. The van der Waals surface area contributed by atoms with Crippen molar-refractivity contribution in [1.82, 2.24) is 0 Å². The molecule has 0 radical (unpaired) electrons. The van der Waals surface area contributed by atoms with E-state index in [2.05, 4.69) is 29.5 Å². The van der Waals surface area contributed by atoms with Gasteiger partial charge in [0.2, 0.25) is 0 Å². The molecular weight excluding hydrogens is 461 g/mol. The second kappa shape index (κ2) is 7.26. The maximum Gasteiger partial charge on any atom is 0.309 e. The van der Waals surface area contributed by atoms with Crippen molar-refractivity contribution in [3.63, 3.8) is 0 Å². The van der Waals surface area contributed by atoms with Gasteiger partial charge in [0.25, 0.3) is 0 Å². The highest BCUT2D eigenvalue weighted by Crippen LogP contribution is 2.70. The van der Waals surface area contributed by atoms with Crippen molar-refractivity contribution in [1.29, 1.82) is 0 Å². The summed E-state index contributed by atoms with van der Waals surface area (Å²) in [7, 11) is 0. The molecule has 152 valence electrons. The summed E-state index contributed by atoms with van der Waals surface area (Å²) in [5.74, 6) is 3.11. The van der Waals surface area contributed by atoms with Crippen LogP contribution in [0.2, 0.25) is 0 Å². The molecule has 0 aromatic heterocycles. The van der Waals surface area contributed by atoms with Crippen LogP contribution in [0.25, 0.3) is 0 Å². The molecule has 3 nitrogen and oxygen atoms in total. The summed E-state index contributed by atoms with van der Waals surface area (Å²) in [5.41, 5.74) is 8.22. The van der Waals surface area contributed by atoms with Gasteiger partial charge in [-0.15, -0.1) is 0 Å². The summed E-state index contributed by atoms with van der Waals surface area (Å²) in [6.07, 6.45) is 7.23. The molecule has 1 spiro atoms. The fourth-order valence-corrected chi connectivity index (χ4v) is 8.95. The lowest BCUT2D eigenvalue weighted by Gasteiger charge is -2.57. The second-order valence-electron chi connectivity index (χ2n) is 10.2. The van der Waals surface area contributed by atoms with E-state index in [0.29, 0.717) is 28.3 Å². The van der Waals surface area contributed by atoms with Crippen LogP contribution in [0.5, 0.6) is 0 Å². The zero-order valence-corrected chi connectivity index (χ0v) is 18.9. The number of hydrogen-bond donors (Lipinski definition) is 1. The van der Waals surface area contributed by atoms with Crippen LogP contribution in [0, 0.1) is 40.9 Å². The Labute approximate surface area is 182 Å². The van der Waals surface area contributed by atoms with Gasteiger partial charge in [-0.05, 0) is 79.1 Å². The molecule has 4 fully saturated rings. The van der Waals surface area contributed by atoms with Crippen LogP contribution in [0.4, 0.5) is 0 Å². The number of carbonyl (C=O) groups excluding carboxylic acids is 1. The summed E-state index contributed by atoms with van der Waals surface area (Å²) in [6, 6.07) is 10.4. The lowest BCUT2D eigenvalue weighted by molar-refractivity contribution is -0.166. The molecule has 2 N–H and O–H groups in total. The van der Waals surface area contributed by atoms with Crippen molar-refractivity contribution in [2.75, 3.05) is 0 Å². The zero-order valence-electron chi connectivity index (χ0n) is 16.7. The number of rotatable bonds is 3. The highest BCUT2D eigenvalue weighted by Gasteiger charge is 2.68. The Bertz CT molecular complexity index is 739. The number of esters is 1. The molecule has 0 saturated heterocycles. The summed E-state index contributed by atoms with van der Waals surface area (Å²) < 4.78 is 6.62. The van der Waals surface area contributed by atoms with Crippen LogP contribution in [-0.4, -0.2) is 15.9 Å². The van der Waals surface area contributed by atoms with E-state index in [1.165, 1.54) is 25.7 Å². The molecule has 4 saturated carbocycles. The minimum Gasteiger partial charge on any atom is -0.461 e. The SMILES string of the molecule is CC1CC2C[C@H]3C(C(=O)OCc4ccccc4)C4CC(I)CC4CC(N)C23C1. The average molecular weight is 493 g/mol. The lowest BCUT2D eigenvalue weighted by Crippen LogP contribution is -2.59. The Morgan fingerprint density at radius 3 is 2.71 bits per heavy atom. The van der Waals surface area contributed by atoms with Crippen LogP contribution < -0.4 is 5.73 Å². The highest BCUT2D eigenvalue weighted by atomic mass is 127. The maximum absolute atomic E-state index is 13.5. The first-order valence-electron chi connectivity index (χ1n) is 11.1. The molecule has 0 amide bonds. The minimum atomic E-state index is 0.0563. The van der Waals surface area contributed by atoms with Crippen molar-refractivity contribution < 1.29 is 9.53 Å². The van der Waals surface area contributed by atoms with Crippen molar-refractivity contribution in [3.05, 3.63) is 35.9 Å².